The summed E-state index contributed by atoms with van der Waals surface area (Å²) in [4.78, 5) is 2.23. The van der Waals surface area contributed by atoms with Crippen molar-refractivity contribution >= 4 is 17.6 Å². The molecule has 1 aromatic heterocycles. The molecule has 2 aromatic rings. The highest BCUT2D eigenvalue weighted by molar-refractivity contribution is 6.30. The Kier molecular flexibility index (Phi) is 3.51. The van der Waals surface area contributed by atoms with Crippen molar-refractivity contribution in [2.24, 2.45) is 5.92 Å². The van der Waals surface area contributed by atoms with Crippen molar-refractivity contribution < 1.29 is 13.5 Å². The van der Waals surface area contributed by atoms with Gasteiger partial charge in [-0.3, -0.25) is 4.90 Å². The van der Waals surface area contributed by atoms with Gasteiger partial charge in [0.2, 0.25) is 5.89 Å². The van der Waals surface area contributed by atoms with Gasteiger partial charge in [0.25, 0.3) is 0 Å². The van der Waals surface area contributed by atoms with Crippen molar-refractivity contribution in [1.29, 1.82) is 0 Å². The number of benzene rings is 1. The number of rotatable bonds is 3. The van der Waals surface area contributed by atoms with Gasteiger partial charge < -0.3 is 14.9 Å². The van der Waals surface area contributed by atoms with Crippen LogP contribution in [0.3, 0.4) is 0 Å². The van der Waals surface area contributed by atoms with Crippen LogP contribution in [0.4, 0.5) is 10.4 Å². The molecule has 23 heavy (non-hydrogen) atoms. The van der Waals surface area contributed by atoms with Crippen LogP contribution in [0.15, 0.2) is 22.6 Å². The Bertz CT molecular complexity index is 720. The molecule has 0 unspecified atom stereocenters. The topological polar surface area (TPSA) is 77.4 Å². The largest absolute Gasteiger partial charge is 0.408 e. The monoisotopic (exact) mass is 338 g/mol. The highest BCUT2D eigenvalue weighted by Gasteiger charge is 2.55. The Morgan fingerprint density at radius 3 is 3.00 bits per heavy atom. The quantitative estimate of drug-likeness (QED) is 0.920. The number of halogens is 2. The van der Waals surface area contributed by atoms with E-state index in [0.717, 1.165) is 12.1 Å². The third-order valence-corrected chi connectivity index (χ3v) is 4.86. The maximum Gasteiger partial charge on any atom is 0.312 e. The minimum atomic E-state index is -0.332. The molecule has 0 bridgehead atoms. The number of likely N-dealkylation sites (tertiary alicyclic amines) is 1. The standard InChI is InChI=1S/C15H16ClFN4O2/c16-11-1-9(2-12(17)3-11)4-21-5-10-6-22-8-15(10,7-21)13-19-20-14(18)23-13/h1-3,10H,4-8H2,(H2,18,20)/t10-,15-/m1/s1. The van der Waals surface area contributed by atoms with Crippen molar-refractivity contribution in [1.82, 2.24) is 15.1 Å². The van der Waals surface area contributed by atoms with Crippen molar-refractivity contribution in [2.75, 3.05) is 32.0 Å². The number of nitrogens with zero attached hydrogens (tertiary/aromatic N) is 3. The van der Waals surface area contributed by atoms with Crippen LogP contribution in [0.1, 0.15) is 11.5 Å². The predicted octanol–water partition coefficient (Wildman–Crippen LogP) is 1.84. The number of anilines is 1. The van der Waals surface area contributed by atoms with Crippen molar-refractivity contribution in [3.63, 3.8) is 0 Å². The van der Waals surface area contributed by atoms with Gasteiger partial charge in [0, 0.05) is 30.6 Å². The summed E-state index contributed by atoms with van der Waals surface area (Å²) in [7, 11) is 0. The SMILES string of the molecule is Nc1nnc([C@]23COC[C@H]2CN(Cc2cc(F)cc(Cl)c2)C3)o1. The molecule has 2 aliphatic rings. The number of hydrogen-bond acceptors (Lipinski definition) is 6. The van der Waals surface area contributed by atoms with E-state index >= 15 is 0 Å². The normalized spacial score (nSPS) is 27.5. The number of ether oxygens (including phenoxy) is 1. The summed E-state index contributed by atoms with van der Waals surface area (Å²) in [6, 6.07) is 4.66. The summed E-state index contributed by atoms with van der Waals surface area (Å²) in [5, 5.41) is 8.24. The first-order chi connectivity index (χ1) is 11.0. The van der Waals surface area contributed by atoms with Gasteiger partial charge in [-0.25, -0.2) is 4.39 Å². The van der Waals surface area contributed by atoms with E-state index in [4.69, 9.17) is 26.5 Å². The zero-order valence-corrected chi connectivity index (χ0v) is 13.1. The second-order valence-electron chi connectivity index (χ2n) is 6.26. The second-order valence-corrected chi connectivity index (χ2v) is 6.70. The second kappa shape index (κ2) is 5.43. The van der Waals surface area contributed by atoms with Crippen LogP contribution >= 0.6 is 11.6 Å². The van der Waals surface area contributed by atoms with E-state index in [1.165, 1.54) is 12.1 Å². The number of fused-ring (bicyclic) bond motifs is 1. The summed E-state index contributed by atoms with van der Waals surface area (Å²) in [5.74, 6) is 0.457. The molecule has 4 rings (SSSR count). The zero-order chi connectivity index (χ0) is 16.0. The van der Waals surface area contributed by atoms with Crippen LogP contribution in [0.25, 0.3) is 0 Å². The van der Waals surface area contributed by atoms with E-state index in [-0.39, 0.29) is 23.2 Å². The average molecular weight is 339 g/mol. The summed E-state index contributed by atoms with van der Waals surface area (Å²) in [5.41, 5.74) is 6.08. The molecule has 0 aliphatic carbocycles. The van der Waals surface area contributed by atoms with Crippen molar-refractivity contribution in [3.8, 4) is 0 Å². The fourth-order valence-corrected chi connectivity index (χ4v) is 3.90. The first-order valence-electron chi connectivity index (χ1n) is 7.40. The van der Waals surface area contributed by atoms with Gasteiger partial charge >= 0.3 is 6.01 Å². The van der Waals surface area contributed by atoms with Crippen LogP contribution in [0.2, 0.25) is 5.02 Å². The minimum Gasteiger partial charge on any atom is -0.408 e. The van der Waals surface area contributed by atoms with Crippen molar-refractivity contribution in [2.45, 2.75) is 12.0 Å². The number of nitrogens with two attached hydrogens (primary N) is 1. The van der Waals surface area contributed by atoms with Gasteiger partial charge in [0.05, 0.1) is 18.6 Å². The van der Waals surface area contributed by atoms with E-state index in [2.05, 4.69) is 15.1 Å². The summed E-state index contributed by atoms with van der Waals surface area (Å²) in [6.07, 6.45) is 0. The molecular weight excluding hydrogens is 323 g/mol. The summed E-state index contributed by atoms with van der Waals surface area (Å²) >= 11 is 5.93. The molecule has 2 fully saturated rings. The molecule has 8 heteroatoms. The van der Waals surface area contributed by atoms with Gasteiger partial charge in [-0.1, -0.05) is 16.7 Å². The molecule has 2 aliphatic heterocycles. The van der Waals surface area contributed by atoms with Gasteiger partial charge in [-0.05, 0) is 23.8 Å². The molecule has 0 saturated carbocycles. The van der Waals surface area contributed by atoms with E-state index in [0.29, 0.717) is 37.2 Å². The lowest BCUT2D eigenvalue weighted by atomic mass is 9.81. The molecule has 2 atom stereocenters. The number of hydrogen-bond donors (Lipinski definition) is 1. The van der Waals surface area contributed by atoms with Crippen LogP contribution < -0.4 is 5.73 Å². The van der Waals surface area contributed by atoms with Crippen LogP contribution in [0, 0.1) is 11.7 Å². The third-order valence-electron chi connectivity index (χ3n) is 4.64. The van der Waals surface area contributed by atoms with E-state index in [1.54, 1.807) is 6.07 Å². The maximum absolute atomic E-state index is 13.5. The lowest BCUT2D eigenvalue weighted by molar-refractivity contribution is 0.140. The smallest absolute Gasteiger partial charge is 0.312 e. The Labute approximate surface area is 137 Å². The first-order valence-corrected chi connectivity index (χ1v) is 7.77. The first kappa shape index (κ1) is 14.9. The zero-order valence-electron chi connectivity index (χ0n) is 12.3. The van der Waals surface area contributed by atoms with Crippen LogP contribution in [-0.4, -0.2) is 41.4 Å². The van der Waals surface area contributed by atoms with Crippen LogP contribution in [0.5, 0.6) is 0 Å². The van der Waals surface area contributed by atoms with Gasteiger partial charge in [-0.15, -0.1) is 5.10 Å². The number of nitrogen functional groups attached to an aromatic ring is 1. The number of aromatic nitrogens is 2. The van der Waals surface area contributed by atoms with E-state index in [1.807, 2.05) is 0 Å². The average Bonchev–Trinajstić information content (AvgIpc) is 3.11. The Morgan fingerprint density at radius 1 is 1.39 bits per heavy atom. The van der Waals surface area contributed by atoms with E-state index < -0.39 is 0 Å². The van der Waals surface area contributed by atoms with Gasteiger partial charge in [0.1, 0.15) is 5.82 Å². The molecule has 2 N–H and O–H groups in total. The molecule has 0 amide bonds. The predicted molar refractivity (Wildman–Crippen MR) is 81.4 cm³/mol. The molecule has 122 valence electrons. The highest BCUT2D eigenvalue weighted by atomic mass is 35.5. The van der Waals surface area contributed by atoms with Gasteiger partial charge in [0.15, 0.2) is 0 Å². The maximum atomic E-state index is 13.5. The molecule has 1 aromatic carbocycles. The lowest BCUT2D eigenvalue weighted by Gasteiger charge is -2.23. The lowest BCUT2D eigenvalue weighted by Crippen LogP contribution is -2.35. The summed E-state index contributed by atoms with van der Waals surface area (Å²) in [6.45, 7) is 3.30. The fourth-order valence-electron chi connectivity index (χ4n) is 3.66. The minimum absolute atomic E-state index is 0.0652. The molecule has 6 nitrogen and oxygen atoms in total. The van der Waals surface area contributed by atoms with E-state index in [9.17, 15) is 4.39 Å². The molecule has 0 radical (unpaired) electrons. The Balaban J connectivity index is 1.57. The summed E-state index contributed by atoms with van der Waals surface area (Å²) < 4.78 is 24.6. The highest BCUT2D eigenvalue weighted by Crippen LogP contribution is 2.43. The van der Waals surface area contributed by atoms with Gasteiger partial charge in [-0.2, -0.15) is 0 Å². The molecular formula is C15H16ClFN4O2. The van der Waals surface area contributed by atoms with Crippen molar-refractivity contribution in [3.05, 3.63) is 40.5 Å². The third kappa shape index (κ3) is 2.58. The van der Waals surface area contributed by atoms with Crippen LogP contribution in [-0.2, 0) is 16.7 Å². The molecule has 0 spiro atoms. The molecule has 2 saturated heterocycles. The molecule has 3 heterocycles. The Hall–Kier alpha value is -1.70. The fraction of sp³-hybridized carbons (Fsp3) is 0.467. The Morgan fingerprint density at radius 2 is 2.26 bits per heavy atom.